The summed E-state index contributed by atoms with van der Waals surface area (Å²) in [6.45, 7) is 6.22. The van der Waals surface area contributed by atoms with Gasteiger partial charge in [-0.2, -0.15) is 0 Å². The summed E-state index contributed by atoms with van der Waals surface area (Å²) in [5.74, 6) is -0.133. The molecule has 0 spiro atoms. The number of likely N-dealkylation sites (tertiary alicyclic amines) is 1. The first-order chi connectivity index (χ1) is 6.53. The lowest BCUT2D eigenvalue weighted by Crippen LogP contribution is -2.65. The molecule has 0 radical (unpaired) electrons. The maximum atomic E-state index is 9.65. The summed E-state index contributed by atoms with van der Waals surface area (Å²) < 4.78 is 10.5. The van der Waals surface area contributed by atoms with Gasteiger partial charge in [0.05, 0.1) is 19.2 Å². The molecule has 84 valence electrons. The summed E-state index contributed by atoms with van der Waals surface area (Å²) in [7, 11) is 3.30. The van der Waals surface area contributed by atoms with Crippen molar-refractivity contribution in [2.75, 3.05) is 33.9 Å². The summed E-state index contributed by atoms with van der Waals surface area (Å²) in [6.07, 6.45) is -0.262. The smallest absolute Gasteiger partial charge is 0.193 e. The second kappa shape index (κ2) is 4.57. The lowest BCUT2D eigenvalue weighted by Gasteiger charge is -2.48. The van der Waals surface area contributed by atoms with Crippen LogP contribution >= 0.6 is 0 Å². The predicted molar refractivity (Wildman–Crippen MR) is 54.0 cm³/mol. The summed E-state index contributed by atoms with van der Waals surface area (Å²) in [6, 6.07) is 0. The molecule has 0 aliphatic carbocycles. The summed E-state index contributed by atoms with van der Waals surface area (Å²) in [5.41, 5.74) is 0. The lowest BCUT2D eigenvalue weighted by molar-refractivity contribution is -0.278. The molecule has 1 atom stereocenters. The van der Waals surface area contributed by atoms with Crippen molar-refractivity contribution in [2.45, 2.75) is 25.7 Å². The highest BCUT2D eigenvalue weighted by molar-refractivity contribution is 4.90. The first kappa shape index (κ1) is 11.9. The van der Waals surface area contributed by atoms with E-state index in [2.05, 4.69) is 4.90 Å². The topological polar surface area (TPSA) is 41.9 Å². The van der Waals surface area contributed by atoms with Crippen molar-refractivity contribution >= 4 is 0 Å². The fraction of sp³-hybridized carbons (Fsp3) is 1.00. The van der Waals surface area contributed by atoms with Gasteiger partial charge in [0, 0.05) is 20.8 Å². The van der Waals surface area contributed by atoms with E-state index >= 15 is 0 Å². The lowest BCUT2D eigenvalue weighted by atomic mass is 10.0. The number of methoxy groups -OCH3 is 2. The minimum Gasteiger partial charge on any atom is -0.392 e. The van der Waals surface area contributed by atoms with Gasteiger partial charge in [-0.1, -0.05) is 13.8 Å². The van der Waals surface area contributed by atoms with Crippen molar-refractivity contribution < 1.29 is 14.6 Å². The van der Waals surface area contributed by atoms with E-state index in [1.54, 1.807) is 14.2 Å². The Balaban J connectivity index is 2.27. The van der Waals surface area contributed by atoms with Crippen LogP contribution in [0.4, 0.5) is 0 Å². The predicted octanol–water partition coefficient (Wildman–Crippen LogP) is 0.308. The molecule has 1 rings (SSSR count). The SMILES string of the molecule is COC1(OC)CN(CC(O)C(C)C)C1. The van der Waals surface area contributed by atoms with Crippen LogP contribution in [0.15, 0.2) is 0 Å². The number of ether oxygens (including phenoxy) is 2. The standard InChI is InChI=1S/C10H21NO3/c1-8(2)9(12)5-11-6-10(7-11,13-3)14-4/h8-9,12H,5-7H2,1-4H3. The summed E-state index contributed by atoms with van der Waals surface area (Å²) in [5, 5.41) is 9.65. The van der Waals surface area contributed by atoms with Crippen LogP contribution in [0.1, 0.15) is 13.8 Å². The van der Waals surface area contributed by atoms with Gasteiger partial charge in [0.1, 0.15) is 0 Å². The molecule has 0 aromatic heterocycles. The highest BCUT2D eigenvalue weighted by Gasteiger charge is 2.44. The number of nitrogens with zero attached hydrogens (tertiary/aromatic N) is 1. The Hall–Kier alpha value is -0.160. The molecule has 0 aromatic carbocycles. The van der Waals surface area contributed by atoms with Gasteiger partial charge < -0.3 is 14.6 Å². The minimum absolute atomic E-state index is 0.262. The minimum atomic E-state index is -0.434. The van der Waals surface area contributed by atoms with Crippen molar-refractivity contribution in [3.05, 3.63) is 0 Å². The quantitative estimate of drug-likeness (QED) is 0.653. The van der Waals surface area contributed by atoms with E-state index in [0.717, 1.165) is 13.1 Å². The number of β-amino-alcohol motifs (C(OH)–C–C–N with tert-alkyl or cyclic N) is 1. The average molecular weight is 203 g/mol. The first-order valence-electron chi connectivity index (χ1n) is 5.04. The molecule has 1 saturated heterocycles. The number of aliphatic hydroxyl groups excluding tert-OH is 1. The van der Waals surface area contributed by atoms with Crippen molar-refractivity contribution in [1.29, 1.82) is 0 Å². The molecule has 1 aliphatic rings. The zero-order valence-corrected chi connectivity index (χ0v) is 9.49. The van der Waals surface area contributed by atoms with Crippen LogP contribution in [0.5, 0.6) is 0 Å². The maximum Gasteiger partial charge on any atom is 0.193 e. The average Bonchev–Trinajstić information content (AvgIpc) is 2.10. The van der Waals surface area contributed by atoms with Crippen LogP contribution in [-0.2, 0) is 9.47 Å². The van der Waals surface area contributed by atoms with Gasteiger partial charge in [0.2, 0.25) is 0 Å². The van der Waals surface area contributed by atoms with Gasteiger partial charge >= 0.3 is 0 Å². The Bertz CT molecular complexity index is 169. The zero-order chi connectivity index (χ0) is 10.8. The second-order valence-electron chi connectivity index (χ2n) is 4.30. The molecule has 1 heterocycles. The fourth-order valence-corrected chi connectivity index (χ4v) is 1.58. The first-order valence-corrected chi connectivity index (χ1v) is 5.04. The highest BCUT2D eigenvalue weighted by Crippen LogP contribution is 2.25. The number of aliphatic hydroxyl groups is 1. The van der Waals surface area contributed by atoms with Gasteiger partial charge in [0.15, 0.2) is 5.79 Å². The van der Waals surface area contributed by atoms with Gasteiger partial charge in [-0.3, -0.25) is 4.90 Å². The number of rotatable bonds is 5. The third kappa shape index (κ3) is 2.45. The second-order valence-corrected chi connectivity index (χ2v) is 4.30. The van der Waals surface area contributed by atoms with Crippen LogP contribution in [-0.4, -0.2) is 55.8 Å². The van der Waals surface area contributed by atoms with E-state index in [0.29, 0.717) is 12.5 Å². The molecular formula is C10H21NO3. The normalized spacial score (nSPS) is 23.6. The molecule has 1 fully saturated rings. The molecule has 0 aromatic rings. The van der Waals surface area contributed by atoms with Crippen molar-refractivity contribution in [3.63, 3.8) is 0 Å². The monoisotopic (exact) mass is 203 g/mol. The van der Waals surface area contributed by atoms with Crippen molar-refractivity contribution in [1.82, 2.24) is 4.90 Å². The largest absolute Gasteiger partial charge is 0.392 e. The molecule has 0 amide bonds. The third-order valence-corrected chi connectivity index (χ3v) is 2.89. The molecule has 1 N–H and O–H groups in total. The van der Waals surface area contributed by atoms with Crippen molar-refractivity contribution in [3.8, 4) is 0 Å². The molecule has 1 aliphatic heterocycles. The third-order valence-electron chi connectivity index (χ3n) is 2.89. The Morgan fingerprint density at radius 2 is 1.79 bits per heavy atom. The summed E-state index contributed by atoms with van der Waals surface area (Å²) in [4.78, 5) is 2.14. The van der Waals surface area contributed by atoms with Gasteiger partial charge in [-0.25, -0.2) is 0 Å². The van der Waals surface area contributed by atoms with Crippen LogP contribution in [0.2, 0.25) is 0 Å². The van der Waals surface area contributed by atoms with E-state index in [4.69, 9.17) is 9.47 Å². The van der Waals surface area contributed by atoms with Crippen molar-refractivity contribution in [2.24, 2.45) is 5.92 Å². The van der Waals surface area contributed by atoms with Crippen LogP contribution < -0.4 is 0 Å². The highest BCUT2D eigenvalue weighted by atomic mass is 16.7. The van der Waals surface area contributed by atoms with Gasteiger partial charge in [0.25, 0.3) is 0 Å². The molecule has 0 bridgehead atoms. The Kier molecular flexibility index (Phi) is 3.89. The molecule has 1 unspecified atom stereocenters. The Morgan fingerprint density at radius 3 is 2.14 bits per heavy atom. The van der Waals surface area contributed by atoms with E-state index in [1.165, 1.54) is 0 Å². The number of hydrogen-bond acceptors (Lipinski definition) is 4. The van der Waals surface area contributed by atoms with Crippen LogP contribution in [0, 0.1) is 5.92 Å². The molecule has 4 nitrogen and oxygen atoms in total. The molecular weight excluding hydrogens is 182 g/mol. The zero-order valence-electron chi connectivity index (χ0n) is 9.49. The van der Waals surface area contributed by atoms with Crippen LogP contribution in [0.3, 0.4) is 0 Å². The molecule has 14 heavy (non-hydrogen) atoms. The Labute approximate surface area is 85.8 Å². The number of hydrogen-bond donors (Lipinski definition) is 1. The van der Waals surface area contributed by atoms with Gasteiger partial charge in [-0.15, -0.1) is 0 Å². The van der Waals surface area contributed by atoms with E-state index in [9.17, 15) is 5.11 Å². The maximum absolute atomic E-state index is 9.65. The summed E-state index contributed by atoms with van der Waals surface area (Å²) >= 11 is 0. The Morgan fingerprint density at radius 1 is 1.29 bits per heavy atom. The van der Waals surface area contributed by atoms with Gasteiger partial charge in [-0.05, 0) is 5.92 Å². The fourth-order valence-electron chi connectivity index (χ4n) is 1.58. The van der Waals surface area contributed by atoms with Crippen LogP contribution in [0.25, 0.3) is 0 Å². The molecule has 0 saturated carbocycles. The van der Waals surface area contributed by atoms with E-state index in [1.807, 2.05) is 13.8 Å². The van der Waals surface area contributed by atoms with E-state index < -0.39 is 5.79 Å². The molecule has 4 heteroatoms. The van der Waals surface area contributed by atoms with E-state index in [-0.39, 0.29) is 6.10 Å².